The maximum Gasteiger partial charge on any atom is 0.112 e. The number of thioether (sulfide) groups is 1. The molecular formula is C33H54B4O6S. The average Bonchev–Trinajstić information content (AvgIpc) is 3.88. The van der Waals surface area contributed by atoms with Crippen molar-refractivity contribution in [2.45, 2.75) is 158 Å². The Morgan fingerprint density at radius 3 is 1.23 bits per heavy atom. The van der Waals surface area contributed by atoms with Crippen molar-refractivity contribution in [2.24, 2.45) is 29.6 Å². The van der Waals surface area contributed by atoms with Crippen molar-refractivity contribution in [3.8, 4) is 0 Å². The summed E-state index contributed by atoms with van der Waals surface area (Å²) in [7, 11) is 23.1. The van der Waals surface area contributed by atoms with Gasteiger partial charge >= 0.3 is 0 Å². The molecule has 0 aromatic carbocycles. The third kappa shape index (κ3) is 5.74. The molecular weight excluding hydrogens is 568 g/mol. The van der Waals surface area contributed by atoms with Gasteiger partial charge in [-0.1, -0.05) is 55.4 Å². The molecule has 0 aromatic rings. The maximum absolute atomic E-state index is 5.85. The van der Waals surface area contributed by atoms with Crippen molar-refractivity contribution in [3.05, 3.63) is 0 Å². The van der Waals surface area contributed by atoms with Crippen LogP contribution in [0.2, 0.25) is 0 Å². The van der Waals surface area contributed by atoms with Gasteiger partial charge in [-0.05, 0) is 56.3 Å². The lowest BCUT2D eigenvalue weighted by atomic mass is 9.81. The van der Waals surface area contributed by atoms with Crippen LogP contribution < -0.4 is 0 Å². The second-order valence-electron chi connectivity index (χ2n) is 14.7. The quantitative estimate of drug-likeness (QED) is 0.429. The van der Waals surface area contributed by atoms with E-state index in [-0.39, 0.29) is 58.6 Å². The van der Waals surface area contributed by atoms with Gasteiger partial charge in [-0.25, -0.2) is 0 Å². The van der Waals surface area contributed by atoms with E-state index < -0.39 is 0 Å². The molecule has 8 fully saturated rings. The minimum absolute atomic E-state index is 0.0105. The van der Waals surface area contributed by atoms with Gasteiger partial charge in [-0.2, -0.15) is 11.8 Å². The van der Waals surface area contributed by atoms with E-state index in [0.29, 0.717) is 34.8 Å². The average molecular weight is 622 g/mol. The maximum atomic E-state index is 5.85. The highest BCUT2D eigenvalue weighted by molar-refractivity contribution is 8.00. The molecule has 7 aliphatic heterocycles. The molecule has 44 heavy (non-hydrogen) atoms. The molecule has 7 saturated heterocycles. The summed E-state index contributed by atoms with van der Waals surface area (Å²) in [6, 6.07) is -0.375. The molecule has 8 radical (unpaired) electrons. The van der Waals surface area contributed by atoms with Crippen LogP contribution in [-0.4, -0.2) is 114 Å². The summed E-state index contributed by atoms with van der Waals surface area (Å²) in [6.45, 7) is 19.0. The van der Waals surface area contributed by atoms with Gasteiger partial charge in [0.2, 0.25) is 0 Å². The monoisotopic (exact) mass is 622 g/mol. The summed E-state index contributed by atoms with van der Waals surface area (Å²) in [5, 5.41) is 0.551. The van der Waals surface area contributed by atoms with E-state index in [2.05, 4.69) is 55.4 Å². The third-order valence-electron chi connectivity index (χ3n) is 13.2. The summed E-state index contributed by atoms with van der Waals surface area (Å²) in [4.78, 5) is 0. The number of hydrogen-bond donors (Lipinski definition) is 0. The van der Waals surface area contributed by atoms with Crippen LogP contribution in [0.15, 0.2) is 0 Å². The molecule has 11 heteroatoms. The molecule has 240 valence electrons. The number of fused-ring (bicyclic) bond motifs is 8. The zero-order chi connectivity index (χ0) is 32.2. The van der Waals surface area contributed by atoms with Gasteiger partial charge in [0.15, 0.2) is 0 Å². The molecule has 0 amide bonds. The summed E-state index contributed by atoms with van der Waals surface area (Å²) >= 11 is 1.98. The fraction of sp³-hybridized carbons (Fsp3) is 1.00. The van der Waals surface area contributed by atoms with Gasteiger partial charge in [0.1, 0.15) is 31.4 Å². The van der Waals surface area contributed by atoms with Crippen molar-refractivity contribution in [2.75, 3.05) is 19.0 Å². The second-order valence-corrected chi connectivity index (χ2v) is 15.9. The summed E-state index contributed by atoms with van der Waals surface area (Å²) in [5.74, 6) is 4.03. The zero-order valence-electron chi connectivity index (χ0n) is 28.5. The standard InChI is InChI=1S/C9H15BO.2C8H13BO2.C8H13BOS/c1-3-9-5-4-7(6(9)2)8(10)11-9;2*1-3-8-4-10-6(5(8)2)7(9)11-8;1-3-8-4-11-6(5(8)2)7(9)10-8/h6-8H,3-5H2,1-2H3;3*5-7H,3-4H2,1-2H3/t6-,7?,8-,9+;5-,6?,7+,8+;2*5-,6?,7-,8+/m1011/s1. The normalized spacial score (nSPS) is 55.3. The first-order valence-corrected chi connectivity index (χ1v) is 18.4. The minimum atomic E-state index is -0.196. The van der Waals surface area contributed by atoms with Gasteiger partial charge in [-0.15, -0.1) is 0 Å². The highest BCUT2D eigenvalue weighted by Gasteiger charge is 2.58. The molecule has 8 rings (SSSR count). The Labute approximate surface area is 277 Å². The molecule has 8 bridgehead atoms. The fourth-order valence-electron chi connectivity index (χ4n) is 9.37. The van der Waals surface area contributed by atoms with Crippen molar-refractivity contribution in [3.63, 3.8) is 0 Å². The van der Waals surface area contributed by atoms with Crippen LogP contribution in [0.4, 0.5) is 0 Å². The summed E-state index contributed by atoms with van der Waals surface area (Å²) < 4.78 is 33.9. The molecule has 8 aliphatic rings. The SMILES string of the molecule is [B][C@@H]1O[C@@]2(CC)CCC1[C@H]2C.[B][C@@H]1O[C@@]2(CC)COC1[C@H]2C.[B][C@@H]1O[C@@]2(CC)CSC1[C@H]2C.[B][C@@H]1O[C@]2(CC)COC1[C@@H]2C. The zero-order valence-corrected chi connectivity index (χ0v) is 29.3. The van der Waals surface area contributed by atoms with Crippen LogP contribution in [0, 0.1) is 29.6 Å². The Morgan fingerprint density at radius 2 is 1.02 bits per heavy atom. The first-order chi connectivity index (χ1) is 20.8. The molecule has 16 atom stereocenters. The van der Waals surface area contributed by atoms with Crippen molar-refractivity contribution in [1.29, 1.82) is 0 Å². The largest absolute Gasteiger partial charge is 0.381 e. The van der Waals surface area contributed by atoms with E-state index in [1.54, 1.807) is 0 Å². The molecule has 1 aliphatic carbocycles. The van der Waals surface area contributed by atoms with Crippen LogP contribution in [0.3, 0.4) is 0 Å². The molecule has 7 heterocycles. The van der Waals surface area contributed by atoms with Crippen molar-refractivity contribution < 1.29 is 28.4 Å². The Balaban J connectivity index is 0.000000116. The van der Waals surface area contributed by atoms with E-state index in [0.717, 1.165) is 44.6 Å². The number of ether oxygens (including phenoxy) is 6. The lowest BCUT2D eigenvalue weighted by Gasteiger charge is -2.30. The van der Waals surface area contributed by atoms with Crippen LogP contribution >= 0.6 is 11.8 Å². The second kappa shape index (κ2) is 13.3. The van der Waals surface area contributed by atoms with Crippen LogP contribution in [0.1, 0.15) is 93.9 Å². The van der Waals surface area contributed by atoms with Crippen LogP contribution in [0.5, 0.6) is 0 Å². The first kappa shape index (κ1) is 35.7. The van der Waals surface area contributed by atoms with Gasteiger partial charge in [-0.3, -0.25) is 0 Å². The first-order valence-electron chi connectivity index (χ1n) is 17.4. The van der Waals surface area contributed by atoms with E-state index in [4.69, 9.17) is 59.8 Å². The van der Waals surface area contributed by atoms with E-state index in [1.165, 1.54) is 12.8 Å². The van der Waals surface area contributed by atoms with Crippen LogP contribution in [0.25, 0.3) is 0 Å². The van der Waals surface area contributed by atoms with Crippen LogP contribution in [-0.2, 0) is 28.4 Å². The molecule has 0 aromatic heterocycles. The Kier molecular flexibility index (Phi) is 10.8. The van der Waals surface area contributed by atoms with Crippen molar-refractivity contribution >= 4 is 43.1 Å². The van der Waals surface area contributed by atoms with Crippen molar-refractivity contribution in [1.82, 2.24) is 0 Å². The summed E-state index contributed by atoms with van der Waals surface area (Å²) in [6.07, 6.45) is 6.99. The smallest absolute Gasteiger partial charge is 0.112 e. The predicted molar refractivity (Wildman–Crippen MR) is 180 cm³/mol. The van der Waals surface area contributed by atoms with E-state index in [1.807, 2.05) is 11.8 Å². The lowest BCUT2D eigenvalue weighted by molar-refractivity contribution is -0.115. The minimum Gasteiger partial charge on any atom is -0.381 e. The number of rotatable bonds is 4. The predicted octanol–water partition coefficient (Wildman–Crippen LogP) is 4.51. The molecule has 0 N–H and O–H groups in total. The van der Waals surface area contributed by atoms with E-state index >= 15 is 0 Å². The Morgan fingerprint density at radius 1 is 0.568 bits per heavy atom. The third-order valence-corrected chi connectivity index (χ3v) is 14.9. The van der Waals surface area contributed by atoms with Gasteiger partial charge < -0.3 is 28.4 Å². The van der Waals surface area contributed by atoms with Gasteiger partial charge in [0.05, 0.1) is 47.8 Å². The molecule has 0 spiro atoms. The van der Waals surface area contributed by atoms with Gasteiger partial charge in [0.25, 0.3) is 0 Å². The van der Waals surface area contributed by atoms with Gasteiger partial charge in [0, 0.05) is 46.9 Å². The fourth-order valence-corrected chi connectivity index (χ4v) is 11.2. The Hall–Kier alpha value is 0.370. The molecule has 1 saturated carbocycles. The molecule has 6 nitrogen and oxygen atoms in total. The lowest BCUT2D eigenvalue weighted by Crippen LogP contribution is -2.37. The highest BCUT2D eigenvalue weighted by atomic mass is 32.2. The summed E-state index contributed by atoms with van der Waals surface area (Å²) in [5.41, 5.74) is 0.146. The Bertz CT molecular complexity index is 848. The number of hydrogen-bond acceptors (Lipinski definition) is 7. The molecule has 4 unspecified atom stereocenters. The topological polar surface area (TPSA) is 55.4 Å². The highest BCUT2D eigenvalue weighted by Crippen LogP contribution is 2.54. The van der Waals surface area contributed by atoms with E-state index in [9.17, 15) is 0 Å².